The summed E-state index contributed by atoms with van der Waals surface area (Å²) in [7, 11) is 0. The molecule has 0 bridgehead atoms. The summed E-state index contributed by atoms with van der Waals surface area (Å²) in [4.78, 5) is 29.2. The summed E-state index contributed by atoms with van der Waals surface area (Å²) in [5.41, 5.74) is 1.64. The molecule has 2 aliphatic heterocycles. The van der Waals surface area contributed by atoms with E-state index in [0.717, 1.165) is 45.3 Å². The number of carbonyl (C=O) groups excluding carboxylic acids is 2. The van der Waals surface area contributed by atoms with E-state index in [1.54, 1.807) is 18.3 Å². The van der Waals surface area contributed by atoms with Crippen molar-refractivity contribution in [3.05, 3.63) is 59.9 Å². The number of carbonyl (C=O) groups is 2. The van der Waals surface area contributed by atoms with Gasteiger partial charge in [0.25, 0.3) is 5.91 Å². The first-order chi connectivity index (χ1) is 13.7. The van der Waals surface area contributed by atoms with Gasteiger partial charge in [0.2, 0.25) is 5.91 Å². The molecular weight excluding hydrogens is 352 g/mol. The van der Waals surface area contributed by atoms with Crippen LogP contribution in [0, 0.1) is 5.41 Å². The summed E-state index contributed by atoms with van der Waals surface area (Å²) in [5, 5.41) is 7.80. The topological polar surface area (TPSA) is 66.4 Å². The summed E-state index contributed by atoms with van der Waals surface area (Å²) in [5.74, 6) is 0.179. The van der Waals surface area contributed by atoms with Gasteiger partial charge in [-0.3, -0.25) is 9.59 Å². The molecular formula is C22H26N4O2. The number of benzene rings is 1. The Balaban J connectivity index is 1.43. The fourth-order valence-corrected chi connectivity index (χ4v) is 4.51. The molecule has 2 saturated heterocycles. The lowest BCUT2D eigenvalue weighted by atomic mass is 9.73. The summed E-state index contributed by atoms with van der Waals surface area (Å²) >= 11 is 0. The van der Waals surface area contributed by atoms with Gasteiger partial charge in [-0.1, -0.05) is 30.3 Å². The quantitative estimate of drug-likeness (QED) is 0.820. The second-order valence-corrected chi connectivity index (χ2v) is 7.99. The van der Waals surface area contributed by atoms with Crippen LogP contribution < -0.4 is 0 Å². The number of hydrogen-bond acceptors (Lipinski definition) is 4. The third-order valence-corrected chi connectivity index (χ3v) is 6.00. The highest BCUT2D eigenvalue weighted by Crippen LogP contribution is 2.39. The maximum absolute atomic E-state index is 12.8. The van der Waals surface area contributed by atoms with E-state index in [9.17, 15) is 9.59 Å². The van der Waals surface area contributed by atoms with Gasteiger partial charge in [-0.15, -0.1) is 5.10 Å². The monoisotopic (exact) mass is 378 g/mol. The highest BCUT2D eigenvalue weighted by molar-refractivity contribution is 5.92. The van der Waals surface area contributed by atoms with Crippen molar-refractivity contribution >= 4 is 11.8 Å². The summed E-state index contributed by atoms with van der Waals surface area (Å²) in [6.07, 6.45) is 5.90. The van der Waals surface area contributed by atoms with Crippen molar-refractivity contribution in [2.75, 3.05) is 26.2 Å². The van der Waals surface area contributed by atoms with E-state index in [1.165, 1.54) is 5.56 Å². The Labute approximate surface area is 165 Å². The Morgan fingerprint density at radius 2 is 1.93 bits per heavy atom. The van der Waals surface area contributed by atoms with Gasteiger partial charge in [-0.05, 0) is 43.4 Å². The van der Waals surface area contributed by atoms with E-state index in [0.29, 0.717) is 18.7 Å². The lowest BCUT2D eigenvalue weighted by Gasteiger charge is -2.48. The standard InChI is InChI=1S/C22H26N4O2/c27-20-9-12-22(16-25(20)15-10-18-6-2-1-3-7-18)11-5-14-26(17-22)21(28)19-8-4-13-23-24-19/h1-4,6-8,13H,5,9-12,14-17H2/t22-/m0/s1. The van der Waals surface area contributed by atoms with Crippen molar-refractivity contribution < 1.29 is 9.59 Å². The predicted molar refractivity (Wildman–Crippen MR) is 106 cm³/mol. The SMILES string of the molecule is O=C1CC[C@@]2(CCCN(C(=O)c3cccnn3)C2)CN1CCc1ccccc1. The smallest absolute Gasteiger partial charge is 0.274 e. The number of nitrogens with zero attached hydrogens (tertiary/aromatic N) is 4. The number of piperidine rings is 2. The van der Waals surface area contributed by atoms with Crippen LogP contribution in [-0.4, -0.2) is 58.0 Å². The first kappa shape index (κ1) is 18.6. The van der Waals surface area contributed by atoms with Gasteiger partial charge < -0.3 is 9.80 Å². The van der Waals surface area contributed by atoms with E-state index < -0.39 is 0 Å². The average Bonchev–Trinajstić information content (AvgIpc) is 2.75. The van der Waals surface area contributed by atoms with Gasteiger partial charge in [0, 0.05) is 44.2 Å². The van der Waals surface area contributed by atoms with E-state index in [2.05, 4.69) is 22.3 Å². The molecule has 1 aromatic heterocycles. The summed E-state index contributed by atoms with van der Waals surface area (Å²) in [6.45, 7) is 2.91. The molecule has 146 valence electrons. The molecule has 28 heavy (non-hydrogen) atoms. The molecule has 1 atom stereocenters. The number of rotatable bonds is 4. The van der Waals surface area contributed by atoms with Gasteiger partial charge in [-0.25, -0.2) is 0 Å². The number of hydrogen-bond donors (Lipinski definition) is 0. The molecule has 1 aromatic carbocycles. The third-order valence-electron chi connectivity index (χ3n) is 6.00. The zero-order chi connectivity index (χ0) is 19.4. The van der Waals surface area contributed by atoms with E-state index in [4.69, 9.17) is 0 Å². The highest BCUT2D eigenvalue weighted by Gasteiger charge is 2.42. The predicted octanol–water partition coefficient (Wildman–Crippen LogP) is 2.56. The van der Waals surface area contributed by atoms with Crippen LogP contribution in [0.25, 0.3) is 0 Å². The lowest BCUT2D eigenvalue weighted by molar-refractivity contribution is -0.138. The van der Waals surface area contributed by atoms with Crippen LogP contribution in [0.5, 0.6) is 0 Å². The molecule has 4 rings (SSSR count). The summed E-state index contributed by atoms with van der Waals surface area (Å²) in [6, 6.07) is 13.7. The third kappa shape index (κ3) is 4.06. The molecule has 2 fully saturated rings. The lowest BCUT2D eigenvalue weighted by Crippen LogP contribution is -2.55. The van der Waals surface area contributed by atoms with Crippen molar-refractivity contribution in [1.82, 2.24) is 20.0 Å². The van der Waals surface area contributed by atoms with Gasteiger partial charge in [0.1, 0.15) is 0 Å². The molecule has 2 amide bonds. The molecule has 0 aliphatic carbocycles. The number of amides is 2. The summed E-state index contributed by atoms with van der Waals surface area (Å²) < 4.78 is 0. The van der Waals surface area contributed by atoms with Gasteiger partial charge in [-0.2, -0.15) is 5.10 Å². The minimum absolute atomic E-state index is 0.000711. The van der Waals surface area contributed by atoms with Crippen LogP contribution in [0.2, 0.25) is 0 Å². The zero-order valence-corrected chi connectivity index (χ0v) is 16.1. The van der Waals surface area contributed by atoms with E-state index in [1.807, 2.05) is 28.0 Å². The Morgan fingerprint density at radius 3 is 2.71 bits per heavy atom. The molecule has 6 nitrogen and oxygen atoms in total. The molecule has 2 aromatic rings. The Hall–Kier alpha value is -2.76. The fraction of sp³-hybridized carbons (Fsp3) is 0.455. The van der Waals surface area contributed by atoms with Crippen LogP contribution in [0.3, 0.4) is 0 Å². The van der Waals surface area contributed by atoms with Crippen molar-refractivity contribution in [1.29, 1.82) is 0 Å². The first-order valence-corrected chi connectivity index (χ1v) is 10.0. The zero-order valence-electron chi connectivity index (χ0n) is 16.1. The Morgan fingerprint density at radius 1 is 1.07 bits per heavy atom. The molecule has 0 N–H and O–H groups in total. The largest absolute Gasteiger partial charge is 0.342 e. The highest BCUT2D eigenvalue weighted by atomic mass is 16.2. The van der Waals surface area contributed by atoms with Crippen molar-refractivity contribution in [3.8, 4) is 0 Å². The average molecular weight is 378 g/mol. The molecule has 6 heteroatoms. The molecule has 0 unspecified atom stereocenters. The fourth-order valence-electron chi connectivity index (χ4n) is 4.51. The second-order valence-electron chi connectivity index (χ2n) is 7.99. The van der Waals surface area contributed by atoms with Crippen molar-refractivity contribution in [2.24, 2.45) is 5.41 Å². The second kappa shape index (κ2) is 8.09. The molecule has 3 heterocycles. The van der Waals surface area contributed by atoms with Gasteiger partial charge in [0.05, 0.1) is 0 Å². The maximum atomic E-state index is 12.8. The first-order valence-electron chi connectivity index (χ1n) is 10.0. The number of likely N-dealkylation sites (tertiary alicyclic amines) is 2. The number of aromatic nitrogens is 2. The van der Waals surface area contributed by atoms with E-state index in [-0.39, 0.29) is 17.2 Å². The van der Waals surface area contributed by atoms with Gasteiger partial charge in [0.15, 0.2) is 5.69 Å². The normalized spacial score (nSPS) is 22.5. The van der Waals surface area contributed by atoms with Gasteiger partial charge >= 0.3 is 0 Å². The molecule has 2 aliphatic rings. The van der Waals surface area contributed by atoms with Crippen LogP contribution in [0.15, 0.2) is 48.7 Å². The molecule has 0 saturated carbocycles. The minimum atomic E-state index is -0.0556. The van der Waals surface area contributed by atoms with Crippen molar-refractivity contribution in [3.63, 3.8) is 0 Å². The van der Waals surface area contributed by atoms with Crippen LogP contribution in [0.1, 0.15) is 41.7 Å². The Bertz CT molecular complexity index is 827. The molecule has 1 spiro atoms. The van der Waals surface area contributed by atoms with Crippen LogP contribution in [-0.2, 0) is 11.2 Å². The van der Waals surface area contributed by atoms with Crippen molar-refractivity contribution in [2.45, 2.75) is 32.1 Å². The molecule has 0 radical (unpaired) electrons. The van der Waals surface area contributed by atoms with E-state index >= 15 is 0 Å². The Kier molecular flexibility index (Phi) is 5.37. The maximum Gasteiger partial charge on any atom is 0.274 e. The minimum Gasteiger partial charge on any atom is -0.342 e. The van der Waals surface area contributed by atoms with Crippen LogP contribution >= 0.6 is 0 Å². The van der Waals surface area contributed by atoms with Crippen LogP contribution in [0.4, 0.5) is 0 Å².